The lowest BCUT2D eigenvalue weighted by atomic mass is 10.2. The fourth-order valence-electron chi connectivity index (χ4n) is 1.54. The summed E-state index contributed by atoms with van der Waals surface area (Å²) in [6.07, 6.45) is 0. The number of hydrogen-bond acceptors (Lipinski definition) is 3. The van der Waals surface area contributed by atoms with Crippen LogP contribution in [-0.4, -0.2) is 17.0 Å². The van der Waals surface area contributed by atoms with Crippen molar-refractivity contribution >= 4 is 50.5 Å². The van der Waals surface area contributed by atoms with Crippen molar-refractivity contribution in [3.8, 4) is 5.75 Å². The first-order valence-corrected chi connectivity index (χ1v) is 7.36. The third kappa shape index (κ3) is 3.37. The Morgan fingerprint density at radius 2 is 1.80 bits per heavy atom. The van der Waals surface area contributed by atoms with Crippen LogP contribution in [0.4, 0.5) is 0 Å². The van der Waals surface area contributed by atoms with Gasteiger partial charge in [0.2, 0.25) is 0 Å². The van der Waals surface area contributed by atoms with Crippen molar-refractivity contribution in [2.24, 2.45) is 0 Å². The average Bonchev–Trinajstić information content (AvgIpc) is 2.41. The van der Waals surface area contributed by atoms with E-state index in [0.29, 0.717) is 10.0 Å². The highest BCUT2D eigenvalue weighted by Crippen LogP contribution is 2.24. The van der Waals surface area contributed by atoms with Gasteiger partial charge in [0.25, 0.3) is 0 Å². The zero-order valence-corrected chi connectivity index (χ0v) is 13.7. The molecule has 0 heterocycles. The van der Waals surface area contributed by atoms with Crippen LogP contribution in [0.1, 0.15) is 20.7 Å². The quantitative estimate of drug-likeness (QED) is 0.440. The minimum absolute atomic E-state index is 0.0188. The third-order valence-corrected chi connectivity index (χ3v) is 3.90. The van der Waals surface area contributed by atoms with Crippen molar-refractivity contribution in [3.05, 3.63) is 61.6 Å². The van der Waals surface area contributed by atoms with Crippen molar-refractivity contribution in [3.63, 3.8) is 0 Å². The highest BCUT2D eigenvalue weighted by Gasteiger charge is 2.17. The first-order valence-electron chi connectivity index (χ1n) is 5.48. The molecule has 0 saturated carbocycles. The van der Waals surface area contributed by atoms with Gasteiger partial charge in [0.1, 0.15) is 11.3 Å². The molecule has 0 aromatic heterocycles. The second kappa shape index (κ2) is 6.36. The van der Waals surface area contributed by atoms with E-state index in [9.17, 15) is 9.59 Å². The number of carboxylic acid groups (broad SMARTS) is 1. The van der Waals surface area contributed by atoms with E-state index >= 15 is 0 Å². The van der Waals surface area contributed by atoms with Crippen LogP contribution in [-0.2, 0) is 0 Å². The Bertz CT molecular complexity index is 685. The standard InChI is InChI=1S/C14H8BrIO4/c15-8-5-6-12(10(7-8)13(17)18)20-14(19)9-3-1-2-4-11(9)16/h1-7H,(H,17,18). The van der Waals surface area contributed by atoms with Crippen LogP contribution in [0.25, 0.3) is 0 Å². The molecule has 0 amide bonds. The summed E-state index contributed by atoms with van der Waals surface area (Å²) in [6, 6.07) is 11.4. The number of halogens is 2. The van der Waals surface area contributed by atoms with Crippen LogP contribution in [0.2, 0.25) is 0 Å². The molecule has 0 aliphatic rings. The summed E-state index contributed by atoms with van der Waals surface area (Å²) in [5.41, 5.74) is 0.325. The maximum Gasteiger partial charge on any atom is 0.344 e. The van der Waals surface area contributed by atoms with Gasteiger partial charge < -0.3 is 9.84 Å². The summed E-state index contributed by atoms with van der Waals surface area (Å²) < 4.78 is 6.52. The summed E-state index contributed by atoms with van der Waals surface area (Å²) in [5.74, 6) is -1.72. The van der Waals surface area contributed by atoms with Crippen molar-refractivity contribution in [1.82, 2.24) is 0 Å². The molecular formula is C14H8BrIO4. The minimum Gasteiger partial charge on any atom is -0.478 e. The van der Waals surface area contributed by atoms with Crippen molar-refractivity contribution in [2.75, 3.05) is 0 Å². The van der Waals surface area contributed by atoms with E-state index in [1.165, 1.54) is 12.1 Å². The molecule has 0 spiro atoms. The summed E-state index contributed by atoms with van der Waals surface area (Å²) in [6.45, 7) is 0. The zero-order valence-electron chi connectivity index (χ0n) is 9.97. The van der Waals surface area contributed by atoms with E-state index < -0.39 is 11.9 Å². The average molecular weight is 447 g/mol. The number of ether oxygens (including phenoxy) is 1. The molecule has 20 heavy (non-hydrogen) atoms. The lowest BCUT2D eigenvalue weighted by molar-refractivity contribution is 0.0681. The molecule has 1 N–H and O–H groups in total. The van der Waals surface area contributed by atoms with Gasteiger partial charge in [0, 0.05) is 8.04 Å². The second-order valence-electron chi connectivity index (χ2n) is 3.81. The Morgan fingerprint density at radius 3 is 2.45 bits per heavy atom. The zero-order chi connectivity index (χ0) is 14.7. The van der Waals surface area contributed by atoms with E-state index in [2.05, 4.69) is 15.9 Å². The third-order valence-electron chi connectivity index (χ3n) is 2.47. The van der Waals surface area contributed by atoms with Gasteiger partial charge in [-0.05, 0) is 52.9 Å². The molecular weight excluding hydrogens is 439 g/mol. The van der Waals surface area contributed by atoms with Crippen molar-refractivity contribution in [2.45, 2.75) is 0 Å². The molecule has 0 radical (unpaired) electrons. The Kier molecular flexibility index (Phi) is 4.77. The first kappa shape index (κ1) is 15.0. The van der Waals surface area contributed by atoms with Crippen molar-refractivity contribution in [1.29, 1.82) is 0 Å². The number of benzene rings is 2. The summed E-state index contributed by atoms with van der Waals surface area (Å²) in [7, 11) is 0. The molecule has 0 aliphatic heterocycles. The molecule has 0 unspecified atom stereocenters. The number of esters is 1. The smallest absolute Gasteiger partial charge is 0.344 e. The van der Waals surface area contributed by atoms with Gasteiger partial charge in [0.05, 0.1) is 5.56 Å². The molecule has 0 atom stereocenters. The van der Waals surface area contributed by atoms with Gasteiger partial charge in [0.15, 0.2) is 0 Å². The van der Waals surface area contributed by atoms with Crippen LogP contribution in [0, 0.1) is 3.57 Å². The van der Waals surface area contributed by atoms with Gasteiger partial charge in [-0.25, -0.2) is 9.59 Å². The van der Waals surface area contributed by atoms with Gasteiger partial charge in [-0.15, -0.1) is 0 Å². The predicted octanol–water partition coefficient (Wildman–Crippen LogP) is 3.97. The lowest BCUT2D eigenvalue weighted by Crippen LogP contribution is -2.12. The van der Waals surface area contributed by atoms with Gasteiger partial charge >= 0.3 is 11.9 Å². The fraction of sp³-hybridized carbons (Fsp3) is 0. The Labute approximate surface area is 137 Å². The highest BCUT2D eigenvalue weighted by molar-refractivity contribution is 14.1. The minimum atomic E-state index is -1.16. The number of carbonyl (C=O) groups is 2. The number of carbonyl (C=O) groups excluding carboxylic acids is 1. The van der Waals surface area contributed by atoms with Gasteiger partial charge in [-0.2, -0.15) is 0 Å². The van der Waals surface area contributed by atoms with E-state index in [1.54, 1.807) is 30.3 Å². The van der Waals surface area contributed by atoms with E-state index in [-0.39, 0.29) is 11.3 Å². The molecule has 102 valence electrons. The SMILES string of the molecule is O=C(Oc1ccc(Br)cc1C(=O)O)c1ccccc1I. The molecule has 4 nitrogen and oxygen atoms in total. The van der Waals surface area contributed by atoms with Crippen LogP contribution in [0.15, 0.2) is 46.9 Å². The Hall–Kier alpha value is -1.41. The Balaban J connectivity index is 2.33. The molecule has 2 rings (SSSR count). The highest BCUT2D eigenvalue weighted by atomic mass is 127. The van der Waals surface area contributed by atoms with Crippen LogP contribution >= 0.6 is 38.5 Å². The number of aromatic carboxylic acids is 1. The summed E-state index contributed by atoms with van der Waals surface area (Å²) >= 11 is 5.20. The normalized spacial score (nSPS) is 10.1. The van der Waals surface area contributed by atoms with Crippen molar-refractivity contribution < 1.29 is 19.4 Å². The topological polar surface area (TPSA) is 63.6 Å². The largest absolute Gasteiger partial charge is 0.478 e. The van der Waals surface area contributed by atoms with E-state index in [0.717, 1.165) is 3.57 Å². The summed E-state index contributed by atoms with van der Waals surface area (Å²) in [4.78, 5) is 23.2. The molecule has 2 aromatic rings. The van der Waals surface area contributed by atoms with Crippen LogP contribution in [0.5, 0.6) is 5.75 Å². The van der Waals surface area contributed by atoms with E-state index in [1.807, 2.05) is 22.6 Å². The number of carboxylic acids is 1. The molecule has 2 aromatic carbocycles. The second-order valence-corrected chi connectivity index (χ2v) is 5.89. The molecule has 6 heteroatoms. The maximum absolute atomic E-state index is 12.1. The van der Waals surface area contributed by atoms with Gasteiger partial charge in [-0.1, -0.05) is 28.1 Å². The predicted molar refractivity (Wildman–Crippen MR) is 85.2 cm³/mol. The lowest BCUT2D eigenvalue weighted by Gasteiger charge is -2.08. The maximum atomic E-state index is 12.1. The molecule has 0 fully saturated rings. The monoisotopic (exact) mass is 446 g/mol. The summed E-state index contributed by atoms with van der Waals surface area (Å²) in [5, 5.41) is 9.11. The van der Waals surface area contributed by atoms with E-state index in [4.69, 9.17) is 9.84 Å². The molecule has 0 bridgehead atoms. The molecule has 0 saturated heterocycles. The van der Waals surface area contributed by atoms with Crippen LogP contribution in [0.3, 0.4) is 0 Å². The first-order chi connectivity index (χ1) is 9.49. The number of rotatable bonds is 3. The van der Waals surface area contributed by atoms with Gasteiger partial charge in [-0.3, -0.25) is 0 Å². The Morgan fingerprint density at radius 1 is 1.10 bits per heavy atom. The molecule has 0 aliphatic carbocycles. The number of hydrogen-bond donors (Lipinski definition) is 1. The van der Waals surface area contributed by atoms with Crippen LogP contribution < -0.4 is 4.74 Å². The fourth-order valence-corrected chi connectivity index (χ4v) is 2.51.